The van der Waals surface area contributed by atoms with Crippen LogP contribution in [0.3, 0.4) is 0 Å². The van der Waals surface area contributed by atoms with Crippen molar-refractivity contribution < 1.29 is 9.13 Å². The van der Waals surface area contributed by atoms with E-state index in [2.05, 4.69) is 22.1 Å². The van der Waals surface area contributed by atoms with Crippen molar-refractivity contribution in [2.75, 3.05) is 0 Å². The lowest BCUT2D eigenvalue weighted by Gasteiger charge is -2.11. The first-order valence-corrected chi connectivity index (χ1v) is 12.4. The smallest absolute Gasteiger partial charge is 0.145 e. The van der Waals surface area contributed by atoms with Crippen LogP contribution in [0.4, 0.5) is 4.39 Å². The van der Waals surface area contributed by atoms with Crippen LogP contribution in [-0.4, -0.2) is 19.1 Å². The van der Waals surface area contributed by atoms with E-state index in [1.54, 1.807) is 49.4 Å². The minimum Gasteiger partial charge on any atom is -0.456 e. The van der Waals surface area contributed by atoms with Crippen molar-refractivity contribution in [3.63, 3.8) is 0 Å². The molecular formula is C32H24ClFN6O. The average Bonchev–Trinajstić information content (AvgIpc) is 3.69. The highest BCUT2D eigenvalue weighted by molar-refractivity contribution is 5.85. The van der Waals surface area contributed by atoms with Crippen molar-refractivity contribution in [2.24, 2.45) is 0 Å². The number of nitriles is 2. The predicted molar refractivity (Wildman–Crippen MR) is 156 cm³/mol. The summed E-state index contributed by atoms with van der Waals surface area (Å²) in [4.78, 5) is 7.94. The molecular weight excluding hydrogens is 539 g/mol. The van der Waals surface area contributed by atoms with Gasteiger partial charge in [0.15, 0.2) is 0 Å². The van der Waals surface area contributed by atoms with E-state index in [4.69, 9.17) is 10.00 Å². The summed E-state index contributed by atoms with van der Waals surface area (Å²) in [7, 11) is 0. The maximum Gasteiger partial charge on any atom is 0.145 e. The van der Waals surface area contributed by atoms with E-state index in [0.29, 0.717) is 24.4 Å². The van der Waals surface area contributed by atoms with Crippen molar-refractivity contribution in [2.45, 2.75) is 13.1 Å². The third-order valence-electron chi connectivity index (χ3n) is 6.12. The molecule has 0 radical (unpaired) electrons. The fourth-order valence-electron chi connectivity index (χ4n) is 4.13. The first kappa shape index (κ1) is 28.6. The van der Waals surface area contributed by atoms with E-state index in [9.17, 15) is 9.65 Å². The second kappa shape index (κ2) is 13.6. The molecule has 6 aromatic rings. The van der Waals surface area contributed by atoms with Crippen LogP contribution in [-0.2, 0) is 13.1 Å². The topological polar surface area (TPSA) is 92.5 Å². The Kier molecular flexibility index (Phi) is 9.45. The summed E-state index contributed by atoms with van der Waals surface area (Å²) in [5.74, 6) is 0.806. The van der Waals surface area contributed by atoms with Gasteiger partial charge in [-0.2, -0.15) is 10.5 Å². The van der Waals surface area contributed by atoms with Gasteiger partial charge in [0.25, 0.3) is 0 Å². The van der Waals surface area contributed by atoms with Crippen LogP contribution in [0.25, 0.3) is 10.8 Å². The van der Waals surface area contributed by atoms with E-state index in [-0.39, 0.29) is 18.0 Å². The number of ether oxygens (including phenoxy) is 1. The predicted octanol–water partition coefficient (Wildman–Crippen LogP) is 7.11. The van der Waals surface area contributed by atoms with Gasteiger partial charge >= 0.3 is 0 Å². The van der Waals surface area contributed by atoms with Crippen LogP contribution in [0.5, 0.6) is 11.5 Å². The Balaban J connectivity index is 0.000000208. The number of fused-ring (bicyclic) bond motifs is 1. The maximum absolute atomic E-state index is 13.2. The van der Waals surface area contributed by atoms with Gasteiger partial charge in [-0.25, -0.2) is 14.4 Å². The molecule has 0 N–H and O–H groups in total. The van der Waals surface area contributed by atoms with Gasteiger partial charge in [-0.05, 0) is 58.3 Å². The molecule has 2 aromatic heterocycles. The molecule has 0 fully saturated rings. The fourth-order valence-corrected chi connectivity index (χ4v) is 4.13. The third kappa shape index (κ3) is 7.36. The lowest BCUT2D eigenvalue weighted by atomic mass is 10.1. The summed E-state index contributed by atoms with van der Waals surface area (Å²) in [6, 6.07) is 28.3. The van der Waals surface area contributed by atoms with E-state index < -0.39 is 5.82 Å². The molecule has 0 saturated heterocycles. The van der Waals surface area contributed by atoms with Gasteiger partial charge < -0.3 is 13.9 Å². The number of benzene rings is 4. The van der Waals surface area contributed by atoms with Gasteiger partial charge in [0.1, 0.15) is 29.5 Å². The number of hydrogen-bond donors (Lipinski definition) is 0. The zero-order valence-electron chi connectivity index (χ0n) is 21.8. The van der Waals surface area contributed by atoms with Gasteiger partial charge in [0.05, 0.1) is 23.8 Å². The Morgan fingerprint density at radius 1 is 0.707 bits per heavy atom. The van der Waals surface area contributed by atoms with Crippen LogP contribution in [0.2, 0.25) is 0 Å². The molecule has 2 heterocycles. The Bertz CT molecular complexity index is 1820. The summed E-state index contributed by atoms with van der Waals surface area (Å²) < 4.78 is 23.1. The number of hydrogen-bond acceptors (Lipinski definition) is 5. The van der Waals surface area contributed by atoms with Gasteiger partial charge in [-0.3, -0.25) is 0 Å². The van der Waals surface area contributed by atoms with Crippen molar-refractivity contribution >= 4 is 23.2 Å². The molecule has 202 valence electrons. The molecule has 0 saturated carbocycles. The summed E-state index contributed by atoms with van der Waals surface area (Å²) in [5.41, 5.74) is 2.45. The van der Waals surface area contributed by atoms with Gasteiger partial charge in [0, 0.05) is 37.9 Å². The fraction of sp³-hybridized carbons (Fsp3) is 0.0625. The normalized spacial score (nSPS) is 10.0. The van der Waals surface area contributed by atoms with Crippen molar-refractivity contribution in [1.82, 2.24) is 19.1 Å². The monoisotopic (exact) mass is 562 g/mol. The minimum atomic E-state index is -0.477. The van der Waals surface area contributed by atoms with Crippen LogP contribution in [0.15, 0.2) is 116 Å². The van der Waals surface area contributed by atoms with Crippen molar-refractivity contribution in [3.8, 4) is 23.6 Å². The molecule has 0 unspecified atom stereocenters. The number of imidazole rings is 2. The number of nitrogens with zero attached hydrogens (tertiary/aromatic N) is 6. The lowest BCUT2D eigenvalue weighted by molar-refractivity contribution is 0.481. The number of rotatable bonds is 6. The Morgan fingerprint density at radius 2 is 1.32 bits per heavy atom. The maximum atomic E-state index is 13.2. The minimum absolute atomic E-state index is 0. The molecule has 0 aliphatic carbocycles. The highest BCUT2D eigenvalue weighted by Gasteiger charge is 2.08. The SMILES string of the molecule is Cl.N#Cc1ccc(Cn2ccnc2)cc1F.N#Cc1ccc(Cn2ccnc2)cc1Oc1ccc2ccccc2c1. The highest BCUT2D eigenvalue weighted by Crippen LogP contribution is 2.29. The second-order valence-corrected chi connectivity index (χ2v) is 8.95. The van der Waals surface area contributed by atoms with E-state index in [1.807, 2.05) is 63.9 Å². The van der Waals surface area contributed by atoms with E-state index in [1.165, 1.54) is 12.1 Å². The molecule has 0 aliphatic heterocycles. The van der Waals surface area contributed by atoms with Gasteiger partial charge in [-0.15, -0.1) is 12.4 Å². The molecule has 6 rings (SSSR count). The molecule has 41 heavy (non-hydrogen) atoms. The summed E-state index contributed by atoms with van der Waals surface area (Å²) >= 11 is 0. The Labute approximate surface area is 242 Å². The molecule has 0 aliphatic rings. The standard InChI is InChI=1S/C21H15N3O.C11H8FN3.ClH/c22-13-19-6-5-16(14-24-10-9-23-15-24)11-21(19)25-20-8-7-17-3-1-2-4-18(17)12-20;12-11-5-9(1-2-10(11)6-13)7-15-4-3-14-8-15;/h1-12,15H,14H2;1-5,8H,7H2;1H. The quantitative estimate of drug-likeness (QED) is 0.216. The lowest BCUT2D eigenvalue weighted by Crippen LogP contribution is -1.98. The summed E-state index contributed by atoms with van der Waals surface area (Å²) in [6.07, 6.45) is 10.5. The zero-order valence-corrected chi connectivity index (χ0v) is 22.6. The third-order valence-corrected chi connectivity index (χ3v) is 6.12. The highest BCUT2D eigenvalue weighted by atomic mass is 35.5. The van der Waals surface area contributed by atoms with E-state index >= 15 is 0 Å². The Hall–Kier alpha value is -5.44. The van der Waals surface area contributed by atoms with Crippen LogP contribution in [0.1, 0.15) is 22.3 Å². The van der Waals surface area contributed by atoms with Crippen LogP contribution < -0.4 is 4.74 Å². The summed E-state index contributed by atoms with van der Waals surface area (Å²) in [5, 5.41) is 20.2. The number of halogens is 2. The molecule has 0 atom stereocenters. The number of aromatic nitrogens is 4. The largest absolute Gasteiger partial charge is 0.456 e. The molecule has 4 aromatic carbocycles. The first-order valence-electron chi connectivity index (χ1n) is 12.4. The van der Waals surface area contributed by atoms with Crippen molar-refractivity contribution in [1.29, 1.82) is 10.5 Å². The Morgan fingerprint density at radius 3 is 1.90 bits per heavy atom. The molecule has 9 heteroatoms. The summed E-state index contributed by atoms with van der Waals surface area (Å²) in [6.45, 7) is 1.24. The van der Waals surface area contributed by atoms with Gasteiger partial charge in [-0.1, -0.05) is 42.5 Å². The molecule has 7 nitrogen and oxygen atoms in total. The molecule has 0 amide bonds. The second-order valence-electron chi connectivity index (χ2n) is 8.95. The van der Waals surface area contributed by atoms with Crippen molar-refractivity contribution in [3.05, 3.63) is 144 Å². The zero-order chi connectivity index (χ0) is 27.7. The molecule has 0 bridgehead atoms. The first-order chi connectivity index (χ1) is 19.6. The van der Waals surface area contributed by atoms with Crippen LogP contribution in [0, 0.1) is 28.5 Å². The molecule has 0 spiro atoms. The van der Waals surface area contributed by atoms with Crippen LogP contribution >= 0.6 is 12.4 Å². The van der Waals surface area contributed by atoms with Gasteiger partial charge in [0.2, 0.25) is 0 Å². The van der Waals surface area contributed by atoms with E-state index in [0.717, 1.165) is 27.6 Å². The average molecular weight is 563 g/mol.